The van der Waals surface area contributed by atoms with E-state index in [0.29, 0.717) is 16.1 Å². The lowest BCUT2D eigenvalue weighted by atomic mass is 10.1. The van der Waals surface area contributed by atoms with Crippen LogP contribution in [0.2, 0.25) is 10.3 Å². The maximum atomic E-state index is 5.91. The fraction of sp³-hybridized carbons (Fsp3) is 0.0667. The van der Waals surface area contributed by atoms with Crippen LogP contribution >= 0.6 is 23.2 Å². The summed E-state index contributed by atoms with van der Waals surface area (Å²) in [7, 11) is 1.65. The standard InChI is InChI=1S/C15H10Cl2N2O/c1-20-12-5-4-9-6-11(3-2-10(9)7-12)15-18-13(16)8-14(17)19-15/h2-8H,1H3. The maximum absolute atomic E-state index is 5.91. The van der Waals surface area contributed by atoms with Gasteiger partial charge >= 0.3 is 0 Å². The van der Waals surface area contributed by atoms with E-state index in [4.69, 9.17) is 27.9 Å². The van der Waals surface area contributed by atoms with E-state index in [9.17, 15) is 0 Å². The van der Waals surface area contributed by atoms with Crippen molar-refractivity contribution in [2.24, 2.45) is 0 Å². The summed E-state index contributed by atoms with van der Waals surface area (Å²) in [4.78, 5) is 8.38. The molecule has 0 radical (unpaired) electrons. The highest BCUT2D eigenvalue weighted by atomic mass is 35.5. The predicted octanol–water partition coefficient (Wildman–Crippen LogP) is 4.61. The molecule has 3 aromatic rings. The highest BCUT2D eigenvalue weighted by Crippen LogP contribution is 2.26. The van der Waals surface area contributed by atoms with Crippen LogP contribution in [0.25, 0.3) is 22.2 Å². The molecule has 0 N–H and O–H groups in total. The van der Waals surface area contributed by atoms with Crippen molar-refractivity contribution in [1.29, 1.82) is 0 Å². The summed E-state index contributed by atoms with van der Waals surface area (Å²) in [6.07, 6.45) is 0. The molecule has 5 heteroatoms. The van der Waals surface area contributed by atoms with Gasteiger partial charge in [0, 0.05) is 11.6 Å². The number of benzene rings is 2. The van der Waals surface area contributed by atoms with Crippen molar-refractivity contribution in [2.75, 3.05) is 7.11 Å². The van der Waals surface area contributed by atoms with E-state index in [0.717, 1.165) is 22.1 Å². The molecule has 2 aromatic carbocycles. The van der Waals surface area contributed by atoms with Crippen molar-refractivity contribution < 1.29 is 4.74 Å². The van der Waals surface area contributed by atoms with Gasteiger partial charge in [-0.05, 0) is 29.0 Å². The van der Waals surface area contributed by atoms with Gasteiger partial charge in [-0.2, -0.15) is 0 Å². The van der Waals surface area contributed by atoms with Crippen LogP contribution in [0.5, 0.6) is 5.75 Å². The van der Waals surface area contributed by atoms with E-state index < -0.39 is 0 Å². The Kier molecular flexibility index (Phi) is 3.47. The number of halogens is 2. The zero-order valence-corrected chi connectivity index (χ0v) is 12.1. The SMILES string of the molecule is COc1ccc2cc(-c3nc(Cl)cc(Cl)n3)ccc2c1. The molecule has 0 aliphatic heterocycles. The molecule has 3 nitrogen and oxygen atoms in total. The van der Waals surface area contributed by atoms with Crippen LogP contribution in [0.3, 0.4) is 0 Å². The second-order valence-corrected chi connectivity index (χ2v) is 5.04. The van der Waals surface area contributed by atoms with Gasteiger partial charge in [0.05, 0.1) is 7.11 Å². The smallest absolute Gasteiger partial charge is 0.162 e. The Morgan fingerprint density at radius 3 is 2.20 bits per heavy atom. The van der Waals surface area contributed by atoms with Crippen molar-refractivity contribution in [3.8, 4) is 17.1 Å². The van der Waals surface area contributed by atoms with Gasteiger partial charge in [0.25, 0.3) is 0 Å². The van der Waals surface area contributed by atoms with E-state index in [1.54, 1.807) is 7.11 Å². The van der Waals surface area contributed by atoms with Crippen LogP contribution in [0, 0.1) is 0 Å². The third kappa shape index (κ3) is 2.55. The second kappa shape index (κ2) is 5.27. The lowest BCUT2D eigenvalue weighted by Gasteiger charge is -2.05. The average Bonchev–Trinajstić information content (AvgIpc) is 2.45. The molecule has 0 fully saturated rings. The number of methoxy groups -OCH3 is 1. The Hall–Kier alpha value is -1.84. The van der Waals surface area contributed by atoms with Crippen LogP contribution in [-0.4, -0.2) is 17.1 Å². The predicted molar refractivity (Wildman–Crippen MR) is 81.5 cm³/mol. The van der Waals surface area contributed by atoms with E-state index in [1.807, 2.05) is 36.4 Å². The number of nitrogens with zero attached hydrogens (tertiary/aromatic N) is 2. The first-order valence-corrected chi connectivity index (χ1v) is 6.69. The molecule has 0 amide bonds. The Morgan fingerprint density at radius 2 is 1.50 bits per heavy atom. The van der Waals surface area contributed by atoms with Gasteiger partial charge in [0.15, 0.2) is 5.82 Å². The number of aromatic nitrogens is 2. The first-order chi connectivity index (χ1) is 9.65. The number of rotatable bonds is 2. The van der Waals surface area contributed by atoms with E-state index >= 15 is 0 Å². The minimum Gasteiger partial charge on any atom is -0.497 e. The van der Waals surface area contributed by atoms with Gasteiger partial charge in [0.1, 0.15) is 16.1 Å². The molecular weight excluding hydrogens is 295 g/mol. The summed E-state index contributed by atoms with van der Waals surface area (Å²) in [6, 6.07) is 13.3. The second-order valence-electron chi connectivity index (χ2n) is 4.26. The molecule has 0 saturated carbocycles. The number of hydrogen-bond acceptors (Lipinski definition) is 3. The molecule has 3 rings (SSSR count). The molecule has 0 atom stereocenters. The zero-order valence-electron chi connectivity index (χ0n) is 10.6. The first kappa shape index (κ1) is 13.2. The fourth-order valence-electron chi connectivity index (χ4n) is 2.01. The van der Waals surface area contributed by atoms with Crippen LogP contribution < -0.4 is 4.74 Å². The van der Waals surface area contributed by atoms with Gasteiger partial charge in [-0.25, -0.2) is 9.97 Å². The molecule has 0 spiro atoms. The maximum Gasteiger partial charge on any atom is 0.162 e. The minimum absolute atomic E-state index is 0.329. The number of ether oxygens (including phenoxy) is 1. The number of fused-ring (bicyclic) bond motifs is 1. The third-order valence-electron chi connectivity index (χ3n) is 2.97. The highest BCUT2D eigenvalue weighted by Gasteiger charge is 2.06. The average molecular weight is 305 g/mol. The van der Waals surface area contributed by atoms with Crippen molar-refractivity contribution in [2.45, 2.75) is 0 Å². The summed E-state index contributed by atoms with van der Waals surface area (Å²) >= 11 is 11.8. The van der Waals surface area contributed by atoms with Gasteiger partial charge in [-0.15, -0.1) is 0 Å². The Morgan fingerprint density at radius 1 is 0.850 bits per heavy atom. The van der Waals surface area contributed by atoms with Crippen molar-refractivity contribution in [3.05, 3.63) is 52.8 Å². The highest BCUT2D eigenvalue weighted by molar-refractivity contribution is 6.33. The van der Waals surface area contributed by atoms with Crippen molar-refractivity contribution >= 4 is 34.0 Å². The van der Waals surface area contributed by atoms with Crippen LogP contribution in [0.1, 0.15) is 0 Å². The van der Waals surface area contributed by atoms with Crippen LogP contribution in [-0.2, 0) is 0 Å². The summed E-state index contributed by atoms with van der Waals surface area (Å²) in [5.74, 6) is 1.34. The molecule has 20 heavy (non-hydrogen) atoms. The normalized spacial score (nSPS) is 10.8. The monoisotopic (exact) mass is 304 g/mol. The first-order valence-electron chi connectivity index (χ1n) is 5.94. The third-order valence-corrected chi connectivity index (χ3v) is 3.36. The molecule has 0 aliphatic rings. The van der Waals surface area contributed by atoms with E-state index in [2.05, 4.69) is 9.97 Å². The van der Waals surface area contributed by atoms with Crippen LogP contribution in [0.4, 0.5) is 0 Å². The molecule has 0 unspecified atom stereocenters. The van der Waals surface area contributed by atoms with Gasteiger partial charge < -0.3 is 4.74 Å². The Bertz CT molecular complexity index is 770. The quantitative estimate of drug-likeness (QED) is 0.648. The topological polar surface area (TPSA) is 35.0 Å². The molecule has 100 valence electrons. The lowest BCUT2D eigenvalue weighted by molar-refractivity contribution is 0.415. The number of hydrogen-bond donors (Lipinski definition) is 0. The van der Waals surface area contributed by atoms with Crippen molar-refractivity contribution in [1.82, 2.24) is 9.97 Å². The minimum atomic E-state index is 0.329. The molecule has 0 bridgehead atoms. The molecular formula is C15H10Cl2N2O. The molecule has 1 heterocycles. The van der Waals surface area contributed by atoms with Crippen molar-refractivity contribution in [3.63, 3.8) is 0 Å². The summed E-state index contributed by atoms with van der Waals surface area (Å²) < 4.78 is 5.21. The summed E-state index contributed by atoms with van der Waals surface area (Å²) in [5.41, 5.74) is 0.868. The zero-order chi connectivity index (χ0) is 14.1. The summed E-state index contributed by atoms with van der Waals surface area (Å²) in [5, 5.41) is 2.81. The molecule has 0 saturated heterocycles. The van der Waals surface area contributed by atoms with Gasteiger partial charge in [-0.3, -0.25) is 0 Å². The van der Waals surface area contributed by atoms with E-state index in [1.165, 1.54) is 6.07 Å². The fourth-order valence-corrected chi connectivity index (χ4v) is 2.43. The largest absolute Gasteiger partial charge is 0.497 e. The van der Waals surface area contributed by atoms with E-state index in [-0.39, 0.29) is 0 Å². The Labute approximate surface area is 126 Å². The Balaban J connectivity index is 2.12. The lowest BCUT2D eigenvalue weighted by Crippen LogP contribution is -1.90. The van der Waals surface area contributed by atoms with Crippen LogP contribution in [0.15, 0.2) is 42.5 Å². The van der Waals surface area contributed by atoms with Gasteiger partial charge in [-0.1, -0.05) is 41.4 Å². The summed E-state index contributed by atoms with van der Waals surface area (Å²) in [6.45, 7) is 0. The molecule has 0 aliphatic carbocycles. The molecule has 1 aromatic heterocycles. The van der Waals surface area contributed by atoms with Gasteiger partial charge in [0.2, 0.25) is 0 Å².